The van der Waals surface area contributed by atoms with E-state index in [9.17, 15) is 9.59 Å². The Hall–Kier alpha value is -1.30. The van der Waals surface area contributed by atoms with Gasteiger partial charge in [-0.1, -0.05) is 0 Å². The van der Waals surface area contributed by atoms with Crippen molar-refractivity contribution in [2.24, 2.45) is 0 Å². The number of carboxylic acids is 1. The zero-order valence-electron chi connectivity index (χ0n) is 10.5. The molecular formula is C11H20N2O4. The monoisotopic (exact) mass is 244 g/mol. The van der Waals surface area contributed by atoms with Gasteiger partial charge in [-0.3, -0.25) is 0 Å². The number of ether oxygens (including phenoxy) is 1. The highest BCUT2D eigenvalue weighted by molar-refractivity contribution is 5.77. The molecule has 6 nitrogen and oxygen atoms in total. The molecule has 6 heteroatoms. The molecule has 1 rings (SSSR count). The molecule has 1 aliphatic heterocycles. The molecule has 0 saturated carbocycles. The first kappa shape index (κ1) is 13.8. The van der Waals surface area contributed by atoms with Gasteiger partial charge in [0.05, 0.1) is 6.54 Å². The van der Waals surface area contributed by atoms with Crippen LogP contribution in [0.1, 0.15) is 26.7 Å². The minimum Gasteiger partial charge on any atom is -0.479 e. The summed E-state index contributed by atoms with van der Waals surface area (Å²) in [5.41, 5.74) is -0.157. The molecule has 2 N–H and O–H groups in total. The highest BCUT2D eigenvalue weighted by atomic mass is 16.5. The van der Waals surface area contributed by atoms with Crippen LogP contribution in [-0.4, -0.2) is 53.8 Å². The molecule has 98 valence electrons. The molecular weight excluding hydrogens is 224 g/mol. The van der Waals surface area contributed by atoms with Gasteiger partial charge in [0.25, 0.3) is 0 Å². The molecule has 0 spiro atoms. The molecule has 1 aliphatic rings. The van der Waals surface area contributed by atoms with Gasteiger partial charge in [0.2, 0.25) is 0 Å². The number of methoxy groups -OCH3 is 1. The van der Waals surface area contributed by atoms with E-state index in [1.165, 1.54) is 7.11 Å². The predicted molar refractivity (Wildman–Crippen MR) is 61.9 cm³/mol. The number of amides is 2. The summed E-state index contributed by atoms with van der Waals surface area (Å²) in [6.07, 6.45) is 0.949. The highest BCUT2D eigenvalue weighted by Gasteiger charge is 2.35. The van der Waals surface area contributed by atoms with E-state index in [-0.39, 0.29) is 18.1 Å². The van der Waals surface area contributed by atoms with Crippen molar-refractivity contribution < 1.29 is 19.4 Å². The summed E-state index contributed by atoms with van der Waals surface area (Å²) in [5.74, 6) is -1.08. The summed E-state index contributed by atoms with van der Waals surface area (Å²) in [6.45, 7) is 4.70. The van der Waals surface area contributed by atoms with Crippen molar-refractivity contribution in [1.82, 2.24) is 10.2 Å². The standard InChI is InChI=1S/C11H20N2O4/c1-11(2)5-4-6-13(11)10(16)12-7-8(17-3)9(14)15/h8H,4-7H2,1-3H3,(H,12,16)(H,14,15). The summed E-state index contributed by atoms with van der Waals surface area (Å²) < 4.78 is 4.74. The smallest absolute Gasteiger partial charge is 0.334 e. The third-order valence-electron chi connectivity index (χ3n) is 3.14. The summed E-state index contributed by atoms with van der Waals surface area (Å²) in [7, 11) is 1.31. The van der Waals surface area contributed by atoms with E-state index in [0.29, 0.717) is 6.54 Å². The second kappa shape index (κ2) is 5.35. The lowest BCUT2D eigenvalue weighted by Crippen LogP contribution is -2.50. The molecule has 0 aromatic heterocycles. The van der Waals surface area contributed by atoms with E-state index in [2.05, 4.69) is 5.32 Å². The Labute approximate surface area is 101 Å². The summed E-state index contributed by atoms with van der Waals surface area (Å²) in [5, 5.41) is 11.4. The molecule has 1 atom stereocenters. The van der Waals surface area contributed by atoms with Crippen LogP contribution in [0.2, 0.25) is 0 Å². The normalized spacial score (nSPS) is 20.1. The SMILES string of the molecule is COC(CNC(=O)N1CCCC1(C)C)C(=O)O. The molecule has 1 fully saturated rings. The largest absolute Gasteiger partial charge is 0.479 e. The minimum atomic E-state index is -1.08. The molecule has 0 aromatic rings. The third kappa shape index (κ3) is 3.33. The number of nitrogens with one attached hydrogen (secondary N) is 1. The van der Waals surface area contributed by atoms with Crippen LogP contribution < -0.4 is 5.32 Å². The average molecular weight is 244 g/mol. The molecule has 2 amide bonds. The molecule has 1 saturated heterocycles. The Balaban J connectivity index is 2.47. The summed E-state index contributed by atoms with van der Waals surface area (Å²) in [6, 6.07) is -0.226. The number of carbonyl (C=O) groups is 2. The van der Waals surface area contributed by atoms with Crippen LogP contribution in [-0.2, 0) is 9.53 Å². The van der Waals surface area contributed by atoms with Crippen LogP contribution in [0.4, 0.5) is 4.79 Å². The molecule has 1 unspecified atom stereocenters. The van der Waals surface area contributed by atoms with Crippen LogP contribution in [0, 0.1) is 0 Å². The van der Waals surface area contributed by atoms with E-state index in [1.54, 1.807) is 4.90 Å². The second-order valence-corrected chi connectivity index (χ2v) is 4.82. The first-order chi connectivity index (χ1) is 7.88. The summed E-state index contributed by atoms with van der Waals surface area (Å²) in [4.78, 5) is 24.3. The van der Waals surface area contributed by atoms with E-state index >= 15 is 0 Å². The molecule has 17 heavy (non-hydrogen) atoms. The number of rotatable bonds is 4. The van der Waals surface area contributed by atoms with Gasteiger partial charge in [0.15, 0.2) is 6.10 Å². The maximum Gasteiger partial charge on any atom is 0.334 e. The van der Waals surface area contributed by atoms with Gasteiger partial charge in [-0.25, -0.2) is 9.59 Å². The lowest BCUT2D eigenvalue weighted by Gasteiger charge is -2.31. The van der Waals surface area contributed by atoms with Gasteiger partial charge in [-0.05, 0) is 26.7 Å². The Morgan fingerprint density at radius 1 is 1.53 bits per heavy atom. The van der Waals surface area contributed by atoms with Gasteiger partial charge in [-0.2, -0.15) is 0 Å². The maximum absolute atomic E-state index is 11.9. The molecule has 0 bridgehead atoms. The molecule has 0 aliphatic carbocycles. The number of carboxylic acid groups (broad SMARTS) is 1. The molecule has 0 radical (unpaired) electrons. The van der Waals surface area contributed by atoms with Crippen molar-refractivity contribution in [1.29, 1.82) is 0 Å². The summed E-state index contributed by atoms with van der Waals surface area (Å²) >= 11 is 0. The fourth-order valence-corrected chi connectivity index (χ4v) is 2.03. The van der Waals surface area contributed by atoms with E-state index < -0.39 is 12.1 Å². The predicted octanol–water partition coefficient (Wildman–Crippen LogP) is 0.670. The first-order valence-corrected chi connectivity index (χ1v) is 5.69. The van der Waals surface area contributed by atoms with Gasteiger partial charge in [0.1, 0.15) is 0 Å². The topological polar surface area (TPSA) is 78.9 Å². The van der Waals surface area contributed by atoms with Crippen molar-refractivity contribution in [2.45, 2.75) is 38.3 Å². The van der Waals surface area contributed by atoms with E-state index in [1.807, 2.05) is 13.8 Å². The third-order valence-corrected chi connectivity index (χ3v) is 3.14. The lowest BCUT2D eigenvalue weighted by atomic mass is 10.0. The Morgan fingerprint density at radius 2 is 2.18 bits per heavy atom. The quantitative estimate of drug-likeness (QED) is 0.762. The first-order valence-electron chi connectivity index (χ1n) is 5.69. The highest BCUT2D eigenvalue weighted by Crippen LogP contribution is 2.27. The number of hydrogen-bond donors (Lipinski definition) is 2. The molecule has 1 heterocycles. The Kier molecular flexibility index (Phi) is 4.34. The lowest BCUT2D eigenvalue weighted by molar-refractivity contribution is -0.148. The van der Waals surface area contributed by atoms with Crippen LogP contribution >= 0.6 is 0 Å². The fraction of sp³-hybridized carbons (Fsp3) is 0.818. The number of likely N-dealkylation sites (tertiary alicyclic amines) is 1. The average Bonchev–Trinajstić information content (AvgIpc) is 2.58. The number of aliphatic carboxylic acids is 1. The van der Waals surface area contributed by atoms with Crippen LogP contribution in [0.3, 0.4) is 0 Å². The van der Waals surface area contributed by atoms with Crippen molar-refractivity contribution in [3.05, 3.63) is 0 Å². The Morgan fingerprint density at radius 3 is 2.59 bits per heavy atom. The second-order valence-electron chi connectivity index (χ2n) is 4.82. The maximum atomic E-state index is 11.9. The minimum absolute atomic E-state index is 0.0166. The van der Waals surface area contributed by atoms with Crippen molar-refractivity contribution in [3.63, 3.8) is 0 Å². The number of hydrogen-bond acceptors (Lipinski definition) is 3. The van der Waals surface area contributed by atoms with Gasteiger partial charge in [0, 0.05) is 19.2 Å². The van der Waals surface area contributed by atoms with Crippen LogP contribution in [0.15, 0.2) is 0 Å². The van der Waals surface area contributed by atoms with Gasteiger partial charge in [-0.15, -0.1) is 0 Å². The van der Waals surface area contributed by atoms with Gasteiger partial charge >= 0.3 is 12.0 Å². The number of nitrogens with zero attached hydrogens (tertiary/aromatic N) is 1. The van der Waals surface area contributed by atoms with Crippen molar-refractivity contribution in [2.75, 3.05) is 20.2 Å². The van der Waals surface area contributed by atoms with Crippen LogP contribution in [0.25, 0.3) is 0 Å². The Bertz CT molecular complexity index is 304. The number of carbonyl (C=O) groups excluding carboxylic acids is 1. The van der Waals surface area contributed by atoms with Gasteiger partial charge < -0.3 is 20.1 Å². The molecule has 0 aromatic carbocycles. The van der Waals surface area contributed by atoms with E-state index in [0.717, 1.165) is 12.8 Å². The zero-order valence-corrected chi connectivity index (χ0v) is 10.5. The zero-order chi connectivity index (χ0) is 13.1. The van der Waals surface area contributed by atoms with Crippen molar-refractivity contribution >= 4 is 12.0 Å². The van der Waals surface area contributed by atoms with Crippen molar-refractivity contribution in [3.8, 4) is 0 Å². The number of urea groups is 1. The van der Waals surface area contributed by atoms with E-state index in [4.69, 9.17) is 9.84 Å². The fourth-order valence-electron chi connectivity index (χ4n) is 2.03. The van der Waals surface area contributed by atoms with Crippen LogP contribution in [0.5, 0.6) is 0 Å².